The molecule has 1 saturated heterocycles. The lowest BCUT2D eigenvalue weighted by molar-refractivity contribution is 0.213. The van der Waals surface area contributed by atoms with Crippen LogP contribution in [0.25, 0.3) is 0 Å². The fourth-order valence-corrected chi connectivity index (χ4v) is 2.50. The topological polar surface area (TPSA) is 15.3 Å². The Morgan fingerprint density at radius 2 is 2.11 bits per heavy atom. The molecule has 0 radical (unpaired) electrons. The van der Waals surface area contributed by atoms with Crippen LogP contribution in [-0.4, -0.2) is 31.6 Å². The summed E-state index contributed by atoms with van der Waals surface area (Å²) >= 11 is 0. The van der Waals surface area contributed by atoms with E-state index in [1.54, 1.807) is 12.1 Å². The first-order valence-electron chi connectivity index (χ1n) is 6.82. The molecule has 100 valence electrons. The van der Waals surface area contributed by atoms with Gasteiger partial charge in [0.05, 0.1) is 0 Å². The number of piperidine rings is 1. The van der Waals surface area contributed by atoms with Gasteiger partial charge in [0, 0.05) is 6.04 Å². The number of halogens is 1. The van der Waals surface area contributed by atoms with Crippen LogP contribution in [0.5, 0.6) is 0 Å². The third-order valence-corrected chi connectivity index (χ3v) is 3.90. The van der Waals surface area contributed by atoms with E-state index >= 15 is 0 Å². The average Bonchev–Trinajstić information content (AvgIpc) is 2.38. The van der Waals surface area contributed by atoms with Gasteiger partial charge < -0.3 is 10.2 Å². The van der Waals surface area contributed by atoms with Crippen LogP contribution in [0.3, 0.4) is 0 Å². The lowest BCUT2D eigenvalue weighted by atomic mass is 9.96. The van der Waals surface area contributed by atoms with Crippen molar-refractivity contribution in [3.63, 3.8) is 0 Å². The van der Waals surface area contributed by atoms with E-state index in [4.69, 9.17) is 0 Å². The van der Waals surface area contributed by atoms with E-state index < -0.39 is 0 Å². The molecule has 3 heteroatoms. The van der Waals surface area contributed by atoms with Crippen molar-refractivity contribution < 1.29 is 4.39 Å². The molecule has 1 atom stereocenters. The Morgan fingerprint density at radius 3 is 2.78 bits per heavy atom. The molecule has 0 unspecified atom stereocenters. The van der Waals surface area contributed by atoms with Crippen LogP contribution >= 0.6 is 0 Å². The van der Waals surface area contributed by atoms with Crippen molar-refractivity contribution >= 4 is 0 Å². The molecule has 1 aliphatic heterocycles. The molecule has 1 fully saturated rings. The van der Waals surface area contributed by atoms with Gasteiger partial charge in [0.25, 0.3) is 0 Å². The smallest absolute Gasteiger partial charge is 0.123 e. The first-order chi connectivity index (χ1) is 8.65. The zero-order chi connectivity index (χ0) is 13.0. The molecule has 0 aliphatic carbocycles. The zero-order valence-electron chi connectivity index (χ0n) is 11.3. The summed E-state index contributed by atoms with van der Waals surface area (Å²) < 4.78 is 13.1. The third-order valence-electron chi connectivity index (χ3n) is 3.90. The number of likely N-dealkylation sites (tertiary alicyclic amines) is 1. The van der Waals surface area contributed by atoms with Crippen LogP contribution in [0, 0.1) is 11.7 Å². The summed E-state index contributed by atoms with van der Waals surface area (Å²) in [6.07, 6.45) is 2.53. The Bertz CT molecular complexity index is 373. The van der Waals surface area contributed by atoms with Crippen LogP contribution in [0.15, 0.2) is 24.3 Å². The minimum atomic E-state index is -0.152. The van der Waals surface area contributed by atoms with Gasteiger partial charge in [-0.2, -0.15) is 0 Å². The summed E-state index contributed by atoms with van der Waals surface area (Å²) in [5.41, 5.74) is 1.03. The maximum Gasteiger partial charge on any atom is 0.123 e. The lowest BCUT2D eigenvalue weighted by Crippen LogP contribution is -2.35. The predicted octanol–water partition coefficient (Wildman–Crippen LogP) is 2.82. The molecule has 1 heterocycles. The van der Waals surface area contributed by atoms with E-state index in [1.165, 1.54) is 32.0 Å². The number of benzene rings is 1. The van der Waals surface area contributed by atoms with Crippen molar-refractivity contribution in [2.45, 2.75) is 25.8 Å². The van der Waals surface area contributed by atoms with Gasteiger partial charge >= 0.3 is 0 Å². The number of hydrogen-bond acceptors (Lipinski definition) is 2. The highest BCUT2D eigenvalue weighted by molar-refractivity contribution is 5.19. The number of hydrogen-bond donors (Lipinski definition) is 1. The van der Waals surface area contributed by atoms with E-state index in [0.717, 1.165) is 18.0 Å². The molecular weight excluding hydrogens is 227 g/mol. The summed E-state index contributed by atoms with van der Waals surface area (Å²) in [7, 11) is 2.18. The summed E-state index contributed by atoms with van der Waals surface area (Å²) in [5, 5.41) is 3.53. The fourth-order valence-electron chi connectivity index (χ4n) is 2.50. The van der Waals surface area contributed by atoms with Gasteiger partial charge in [0.1, 0.15) is 5.82 Å². The SMILES string of the molecule is C[C@H](NCC1CCN(C)CC1)c1cccc(F)c1. The molecular formula is C15H23FN2. The van der Waals surface area contributed by atoms with Crippen molar-refractivity contribution in [3.8, 4) is 0 Å². The monoisotopic (exact) mass is 250 g/mol. The van der Waals surface area contributed by atoms with E-state index in [9.17, 15) is 4.39 Å². The van der Waals surface area contributed by atoms with Crippen LogP contribution in [0.4, 0.5) is 4.39 Å². The first kappa shape index (κ1) is 13.5. The highest BCUT2D eigenvalue weighted by Gasteiger charge is 2.17. The molecule has 18 heavy (non-hydrogen) atoms. The Kier molecular flexibility index (Phi) is 4.72. The van der Waals surface area contributed by atoms with E-state index in [-0.39, 0.29) is 11.9 Å². The molecule has 2 rings (SSSR count). The summed E-state index contributed by atoms with van der Waals surface area (Å²) in [6, 6.07) is 7.09. The molecule has 0 bridgehead atoms. The minimum absolute atomic E-state index is 0.152. The van der Waals surface area contributed by atoms with Crippen LogP contribution < -0.4 is 5.32 Å². The Hall–Kier alpha value is -0.930. The zero-order valence-corrected chi connectivity index (χ0v) is 11.3. The number of rotatable bonds is 4. The molecule has 0 saturated carbocycles. The Labute approximate surface area is 109 Å². The summed E-state index contributed by atoms with van der Waals surface area (Å²) in [6.45, 7) is 5.52. The third kappa shape index (κ3) is 3.79. The molecule has 0 aromatic heterocycles. The van der Waals surface area contributed by atoms with Crippen LogP contribution in [0.1, 0.15) is 31.4 Å². The minimum Gasteiger partial charge on any atom is -0.310 e. The van der Waals surface area contributed by atoms with Gasteiger partial charge in [-0.25, -0.2) is 4.39 Å². The highest BCUT2D eigenvalue weighted by Crippen LogP contribution is 2.18. The molecule has 1 N–H and O–H groups in total. The van der Waals surface area contributed by atoms with Gasteiger partial charge in [0.15, 0.2) is 0 Å². The number of nitrogens with one attached hydrogen (secondary N) is 1. The highest BCUT2D eigenvalue weighted by atomic mass is 19.1. The average molecular weight is 250 g/mol. The molecule has 1 aliphatic rings. The summed E-state index contributed by atoms with van der Waals surface area (Å²) in [5.74, 6) is 0.609. The van der Waals surface area contributed by atoms with Gasteiger partial charge in [-0.15, -0.1) is 0 Å². The van der Waals surface area contributed by atoms with Crippen molar-refractivity contribution in [1.29, 1.82) is 0 Å². The van der Waals surface area contributed by atoms with Crippen molar-refractivity contribution in [3.05, 3.63) is 35.6 Å². The van der Waals surface area contributed by atoms with E-state index in [2.05, 4.69) is 24.2 Å². The lowest BCUT2D eigenvalue weighted by Gasteiger charge is -2.30. The second kappa shape index (κ2) is 6.30. The standard InChI is InChI=1S/C15H23FN2/c1-12(14-4-3-5-15(16)10-14)17-11-13-6-8-18(2)9-7-13/h3-5,10,12-13,17H,6-9,11H2,1-2H3/t12-/m0/s1. The normalized spacial score (nSPS) is 19.9. The molecule has 0 amide bonds. The largest absolute Gasteiger partial charge is 0.310 e. The Balaban J connectivity index is 1.79. The van der Waals surface area contributed by atoms with Gasteiger partial charge in [0.2, 0.25) is 0 Å². The second-order valence-electron chi connectivity index (χ2n) is 5.43. The molecule has 1 aromatic rings. The Morgan fingerprint density at radius 1 is 1.39 bits per heavy atom. The maximum absolute atomic E-state index is 13.1. The van der Waals surface area contributed by atoms with Gasteiger partial charge in [-0.05, 0) is 70.1 Å². The molecule has 0 spiro atoms. The van der Waals surface area contributed by atoms with E-state index in [0.29, 0.717) is 0 Å². The van der Waals surface area contributed by atoms with Crippen LogP contribution in [-0.2, 0) is 0 Å². The van der Waals surface area contributed by atoms with Crippen molar-refractivity contribution in [1.82, 2.24) is 10.2 Å². The molecule has 1 aromatic carbocycles. The fraction of sp³-hybridized carbons (Fsp3) is 0.600. The second-order valence-corrected chi connectivity index (χ2v) is 5.43. The molecule has 2 nitrogen and oxygen atoms in total. The summed E-state index contributed by atoms with van der Waals surface area (Å²) in [4.78, 5) is 2.38. The van der Waals surface area contributed by atoms with Crippen molar-refractivity contribution in [2.24, 2.45) is 5.92 Å². The number of nitrogens with zero attached hydrogens (tertiary/aromatic N) is 1. The first-order valence-corrected chi connectivity index (χ1v) is 6.82. The van der Waals surface area contributed by atoms with E-state index in [1.807, 2.05) is 6.07 Å². The van der Waals surface area contributed by atoms with Crippen LogP contribution in [0.2, 0.25) is 0 Å². The predicted molar refractivity (Wildman–Crippen MR) is 73.0 cm³/mol. The maximum atomic E-state index is 13.1. The quantitative estimate of drug-likeness (QED) is 0.884. The van der Waals surface area contributed by atoms with Gasteiger partial charge in [-0.3, -0.25) is 0 Å². The van der Waals surface area contributed by atoms with Crippen molar-refractivity contribution in [2.75, 3.05) is 26.7 Å². The van der Waals surface area contributed by atoms with Gasteiger partial charge in [-0.1, -0.05) is 12.1 Å².